The van der Waals surface area contributed by atoms with Crippen molar-refractivity contribution in [2.75, 3.05) is 7.11 Å². The van der Waals surface area contributed by atoms with Crippen LogP contribution < -0.4 is 0 Å². The van der Waals surface area contributed by atoms with E-state index >= 15 is 0 Å². The lowest BCUT2D eigenvalue weighted by atomic mass is 9.83. The topological polar surface area (TPSA) is 9.23 Å². The maximum atomic E-state index is 13.8. The van der Waals surface area contributed by atoms with Gasteiger partial charge in [0, 0.05) is 12.3 Å². The molecule has 9 heteroatoms. The molecule has 2 rings (SSSR count). The first-order valence-corrected chi connectivity index (χ1v) is 6.12. The molecular weight excluding hydrogens is 336 g/mol. The molecule has 0 radical (unpaired) electrons. The van der Waals surface area contributed by atoms with E-state index in [2.05, 4.69) is 4.74 Å². The summed E-state index contributed by atoms with van der Waals surface area (Å²) >= 11 is 0. The number of ether oxygens (including phenoxy) is 1. The highest BCUT2D eigenvalue weighted by Gasteiger charge is 2.47. The Labute approximate surface area is 124 Å². The van der Waals surface area contributed by atoms with E-state index in [9.17, 15) is 35.1 Å². The molecule has 0 bridgehead atoms. The van der Waals surface area contributed by atoms with Gasteiger partial charge in [-0.2, -0.15) is 13.2 Å². The zero-order valence-electron chi connectivity index (χ0n) is 11.4. The molecule has 0 aliphatic heterocycles. The number of rotatable bonds is 2. The van der Waals surface area contributed by atoms with Gasteiger partial charge in [0.25, 0.3) is 0 Å². The van der Waals surface area contributed by atoms with Crippen molar-refractivity contribution in [2.45, 2.75) is 18.5 Å². The van der Waals surface area contributed by atoms with Gasteiger partial charge in [0.15, 0.2) is 29.1 Å². The van der Waals surface area contributed by atoms with Crippen LogP contribution in [0, 0.1) is 17.5 Å². The minimum Gasteiger partial charge on any atom is -0.498 e. The number of benzene rings is 1. The predicted octanol–water partition coefficient (Wildman–Crippen LogP) is 5.20. The highest BCUT2D eigenvalue weighted by atomic mass is 19.4. The third-order valence-corrected chi connectivity index (χ3v) is 3.40. The second-order valence-corrected chi connectivity index (χ2v) is 4.69. The summed E-state index contributed by atoms with van der Waals surface area (Å²) in [7, 11) is 0.888. The molecule has 0 fully saturated rings. The number of halogens is 8. The molecule has 1 aromatic carbocycles. The molecule has 0 amide bonds. The molecule has 0 aromatic heterocycles. The minimum absolute atomic E-state index is 0.404. The summed E-state index contributed by atoms with van der Waals surface area (Å²) in [6.45, 7) is 0. The summed E-state index contributed by atoms with van der Waals surface area (Å²) < 4.78 is 111. The maximum Gasteiger partial charge on any atom is 0.416 e. The van der Waals surface area contributed by atoms with Gasteiger partial charge in [-0.25, -0.2) is 22.0 Å². The van der Waals surface area contributed by atoms with Crippen LogP contribution in [0.3, 0.4) is 0 Å². The van der Waals surface area contributed by atoms with Gasteiger partial charge in [0.1, 0.15) is 5.76 Å². The first-order valence-electron chi connectivity index (χ1n) is 6.12. The first-order chi connectivity index (χ1) is 10.6. The standard InChI is InChI=1S/C14H8F8O/c1-23-8-4-6(5-2-3-7(15)11(17)10(5)16)9(14(20,21)22)13(19)12(8)18/h2-3,6H,4H2,1H3. The fraction of sp³-hybridized carbons (Fsp3) is 0.286. The summed E-state index contributed by atoms with van der Waals surface area (Å²) in [5.41, 5.74) is -2.96. The van der Waals surface area contributed by atoms with Crippen molar-refractivity contribution in [3.8, 4) is 0 Å². The van der Waals surface area contributed by atoms with Crippen LogP contribution in [0.25, 0.3) is 0 Å². The number of hydrogen-bond acceptors (Lipinski definition) is 1. The Morgan fingerprint density at radius 3 is 2.09 bits per heavy atom. The van der Waals surface area contributed by atoms with Crippen molar-refractivity contribution >= 4 is 0 Å². The second-order valence-electron chi connectivity index (χ2n) is 4.69. The Kier molecular flexibility index (Phi) is 4.41. The molecule has 0 N–H and O–H groups in total. The Hall–Kier alpha value is -2.06. The zero-order chi connectivity index (χ0) is 17.5. The van der Waals surface area contributed by atoms with Crippen LogP contribution in [-0.2, 0) is 4.74 Å². The van der Waals surface area contributed by atoms with Crippen LogP contribution in [0.4, 0.5) is 35.1 Å². The lowest BCUT2D eigenvalue weighted by Crippen LogP contribution is -2.25. The van der Waals surface area contributed by atoms with Gasteiger partial charge in [-0.15, -0.1) is 0 Å². The molecule has 0 saturated heterocycles. The quantitative estimate of drug-likeness (QED) is 0.529. The van der Waals surface area contributed by atoms with Crippen LogP contribution >= 0.6 is 0 Å². The molecule has 1 atom stereocenters. The largest absolute Gasteiger partial charge is 0.498 e. The van der Waals surface area contributed by atoms with E-state index in [4.69, 9.17) is 0 Å². The SMILES string of the molecule is COC1=C(F)C(F)=C(C(F)(F)F)C(c2ccc(F)c(F)c2F)C1. The normalized spacial score (nSPS) is 19.4. The Bertz CT molecular complexity index is 701. The molecule has 1 aliphatic carbocycles. The molecule has 126 valence electrons. The van der Waals surface area contributed by atoms with E-state index in [0.717, 1.165) is 7.11 Å². The summed E-state index contributed by atoms with van der Waals surface area (Å²) in [6.07, 6.45) is -6.24. The fourth-order valence-corrected chi connectivity index (χ4v) is 2.34. The molecule has 0 spiro atoms. The van der Waals surface area contributed by atoms with Crippen molar-refractivity contribution in [1.29, 1.82) is 0 Å². The lowest BCUT2D eigenvalue weighted by molar-refractivity contribution is -0.0989. The van der Waals surface area contributed by atoms with E-state index < -0.39 is 64.5 Å². The third-order valence-electron chi connectivity index (χ3n) is 3.40. The summed E-state index contributed by atoms with van der Waals surface area (Å²) in [5.74, 6) is -12.5. The van der Waals surface area contributed by atoms with Crippen LogP contribution in [0.2, 0.25) is 0 Å². The zero-order valence-corrected chi connectivity index (χ0v) is 11.4. The molecule has 1 nitrogen and oxygen atoms in total. The summed E-state index contributed by atoms with van der Waals surface area (Å²) in [5, 5.41) is 0. The van der Waals surface area contributed by atoms with E-state index in [1.807, 2.05) is 0 Å². The van der Waals surface area contributed by atoms with Gasteiger partial charge >= 0.3 is 6.18 Å². The van der Waals surface area contributed by atoms with Crippen molar-refractivity contribution in [3.05, 3.63) is 58.1 Å². The number of methoxy groups -OCH3 is 1. The smallest absolute Gasteiger partial charge is 0.416 e. The number of allylic oxidation sites excluding steroid dienone is 4. The molecule has 0 saturated carbocycles. The van der Waals surface area contributed by atoms with Crippen molar-refractivity contribution in [3.63, 3.8) is 0 Å². The average Bonchev–Trinajstić information content (AvgIpc) is 2.46. The second kappa shape index (κ2) is 5.86. The van der Waals surface area contributed by atoms with E-state index in [0.29, 0.717) is 12.1 Å². The van der Waals surface area contributed by atoms with E-state index in [-0.39, 0.29) is 0 Å². The molecule has 0 heterocycles. The van der Waals surface area contributed by atoms with Crippen molar-refractivity contribution in [1.82, 2.24) is 0 Å². The lowest BCUT2D eigenvalue weighted by Gasteiger charge is -2.28. The van der Waals surface area contributed by atoms with Gasteiger partial charge in [0.05, 0.1) is 12.7 Å². The van der Waals surface area contributed by atoms with Gasteiger partial charge < -0.3 is 4.74 Å². The van der Waals surface area contributed by atoms with E-state index in [1.54, 1.807) is 0 Å². The summed E-state index contributed by atoms with van der Waals surface area (Å²) in [6, 6.07) is 0.953. The number of alkyl halides is 3. The van der Waals surface area contributed by atoms with E-state index in [1.165, 1.54) is 0 Å². The highest BCUT2D eigenvalue weighted by Crippen LogP contribution is 2.49. The van der Waals surface area contributed by atoms with Gasteiger partial charge in [-0.1, -0.05) is 6.07 Å². The minimum atomic E-state index is -5.34. The number of hydrogen-bond donors (Lipinski definition) is 0. The Balaban J connectivity index is 2.69. The average molecular weight is 344 g/mol. The summed E-state index contributed by atoms with van der Waals surface area (Å²) in [4.78, 5) is 0. The molecule has 23 heavy (non-hydrogen) atoms. The molecule has 1 aliphatic rings. The van der Waals surface area contributed by atoms with Crippen molar-refractivity contribution in [2.24, 2.45) is 0 Å². The van der Waals surface area contributed by atoms with Crippen LogP contribution in [0.1, 0.15) is 17.9 Å². The molecule has 1 unspecified atom stereocenters. The Morgan fingerprint density at radius 2 is 1.57 bits per heavy atom. The highest BCUT2D eigenvalue weighted by molar-refractivity contribution is 5.44. The first kappa shape index (κ1) is 17.3. The van der Waals surface area contributed by atoms with Gasteiger partial charge in [-0.3, -0.25) is 0 Å². The van der Waals surface area contributed by atoms with Crippen LogP contribution in [-0.4, -0.2) is 13.3 Å². The maximum absolute atomic E-state index is 13.8. The fourth-order valence-electron chi connectivity index (χ4n) is 2.34. The third kappa shape index (κ3) is 2.91. The molecular formula is C14H8F8O. The Morgan fingerprint density at radius 1 is 0.957 bits per heavy atom. The van der Waals surface area contributed by atoms with Crippen LogP contribution in [0.5, 0.6) is 0 Å². The monoisotopic (exact) mass is 344 g/mol. The van der Waals surface area contributed by atoms with Crippen molar-refractivity contribution < 1.29 is 39.9 Å². The molecule has 1 aromatic rings. The van der Waals surface area contributed by atoms with Crippen LogP contribution in [0.15, 0.2) is 35.1 Å². The van der Waals surface area contributed by atoms with Gasteiger partial charge in [0.2, 0.25) is 0 Å². The predicted molar refractivity (Wildman–Crippen MR) is 63.0 cm³/mol. The van der Waals surface area contributed by atoms with Gasteiger partial charge in [-0.05, 0) is 11.6 Å².